The molecule has 0 saturated carbocycles. The number of nitrogens with one attached hydrogen (secondary N) is 1. The summed E-state index contributed by atoms with van der Waals surface area (Å²) >= 11 is 0. The molecule has 7 heteroatoms. The van der Waals surface area contributed by atoms with E-state index in [1.54, 1.807) is 4.90 Å². The Morgan fingerprint density at radius 2 is 1.85 bits per heavy atom. The Balaban J connectivity index is 1.58. The maximum atomic E-state index is 13.0. The number of benzene rings is 1. The SMILES string of the molecule is CS(=O)(=O)N1CCCN(C(=O)c2ccc3[nH]c4c(c3c2)CCCC4)CC1. The molecule has 2 aromatic rings. The molecule has 140 valence electrons. The van der Waals surface area contributed by atoms with Gasteiger partial charge >= 0.3 is 0 Å². The van der Waals surface area contributed by atoms with Gasteiger partial charge in [-0.15, -0.1) is 0 Å². The van der Waals surface area contributed by atoms with Crippen LogP contribution in [0.25, 0.3) is 10.9 Å². The Morgan fingerprint density at radius 1 is 1.04 bits per heavy atom. The van der Waals surface area contributed by atoms with E-state index in [1.807, 2.05) is 18.2 Å². The van der Waals surface area contributed by atoms with Crippen LogP contribution >= 0.6 is 0 Å². The highest BCUT2D eigenvalue weighted by atomic mass is 32.2. The van der Waals surface area contributed by atoms with Crippen LogP contribution in [0.15, 0.2) is 18.2 Å². The predicted molar refractivity (Wildman–Crippen MR) is 102 cm³/mol. The van der Waals surface area contributed by atoms with E-state index in [1.165, 1.54) is 34.7 Å². The van der Waals surface area contributed by atoms with Crippen LogP contribution in [0.5, 0.6) is 0 Å². The lowest BCUT2D eigenvalue weighted by molar-refractivity contribution is 0.0764. The molecular weight excluding hydrogens is 350 g/mol. The van der Waals surface area contributed by atoms with Crippen molar-refractivity contribution >= 4 is 26.8 Å². The minimum absolute atomic E-state index is 0.00647. The average Bonchev–Trinajstić information content (AvgIpc) is 2.80. The minimum Gasteiger partial charge on any atom is -0.358 e. The number of rotatable bonds is 2. The number of carbonyl (C=O) groups excluding carboxylic acids is 1. The summed E-state index contributed by atoms with van der Waals surface area (Å²) < 4.78 is 25.0. The highest BCUT2D eigenvalue weighted by molar-refractivity contribution is 7.88. The smallest absolute Gasteiger partial charge is 0.253 e. The monoisotopic (exact) mass is 375 g/mol. The van der Waals surface area contributed by atoms with Crippen LogP contribution in [0.2, 0.25) is 0 Å². The van der Waals surface area contributed by atoms with Crippen molar-refractivity contribution in [2.75, 3.05) is 32.4 Å². The molecule has 1 amide bonds. The van der Waals surface area contributed by atoms with E-state index >= 15 is 0 Å². The number of amides is 1. The van der Waals surface area contributed by atoms with Gasteiger partial charge in [0, 0.05) is 48.3 Å². The summed E-state index contributed by atoms with van der Waals surface area (Å²) in [7, 11) is -3.20. The molecule has 0 spiro atoms. The van der Waals surface area contributed by atoms with Crippen molar-refractivity contribution in [3.63, 3.8) is 0 Å². The number of nitrogens with zero attached hydrogens (tertiary/aromatic N) is 2. The fourth-order valence-electron chi connectivity index (χ4n) is 4.15. The second-order valence-corrected chi connectivity index (χ2v) is 9.34. The number of aryl methyl sites for hydroxylation is 2. The molecule has 0 radical (unpaired) electrons. The summed E-state index contributed by atoms with van der Waals surface area (Å²) in [6, 6.07) is 5.89. The third-order valence-electron chi connectivity index (χ3n) is 5.56. The number of hydrogen-bond donors (Lipinski definition) is 1. The third-order valence-corrected chi connectivity index (χ3v) is 6.86. The van der Waals surface area contributed by atoms with Crippen molar-refractivity contribution in [3.05, 3.63) is 35.0 Å². The van der Waals surface area contributed by atoms with Crippen LogP contribution in [0, 0.1) is 0 Å². The number of fused-ring (bicyclic) bond motifs is 3. The minimum atomic E-state index is -3.20. The summed E-state index contributed by atoms with van der Waals surface area (Å²) in [5.41, 5.74) is 4.47. The number of hydrogen-bond acceptors (Lipinski definition) is 3. The lowest BCUT2D eigenvalue weighted by Gasteiger charge is -2.21. The summed E-state index contributed by atoms with van der Waals surface area (Å²) in [4.78, 5) is 18.3. The number of aromatic nitrogens is 1. The standard InChI is InChI=1S/C19H25N3O3S/c1-26(24,25)22-10-4-9-21(11-12-22)19(23)14-7-8-18-16(13-14)15-5-2-3-6-17(15)20-18/h7-8,13,20H,2-6,9-12H2,1H3. The molecule has 1 saturated heterocycles. The van der Waals surface area contributed by atoms with E-state index in [0.717, 1.165) is 23.7 Å². The molecule has 1 aromatic heterocycles. The third kappa shape index (κ3) is 3.25. The van der Waals surface area contributed by atoms with Gasteiger partial charge in [0.2, 0.25) is 10.0 Å². The van der Waals surface area contributed by atoms with Gasteiger partial charge < -0.3 is 9.88 Å². The second kappa shape index (κ2) is 6.70. The second-order valence-electron chi connectivity index (χ2n) is 7.36. The summed E-state index contributed by atoms with van der Waals surface area (Å²) in [5, 5.41) is 1.16. The molecule has 2 aliphatic rings. The van der Waals surface area contributed by atoms with Crippen molar-refractivity contribution in [1.29, 1.82) is 0 Å². The molecule has 6 nitrogen and oxygen atoms in total. The molecule has 2 heterocycles. The maximum Gasteiger partial charge on any atom is 0.253 e. The van der Waals surface area contributed by atoms with Crippen molar-refractivity contribution in [3.8, 4) is 0 Å². The zero-order valence-corrected chi connectivity index (χ0v) is 15.9. The van der Waals surface area contributed by atoms with E-state index in [2.05, 4.69) is 4.98 Å². The molecule has 1 aliphatic carbocycles. The van der Waals surface area contributed by atoms with Crippen LogP contribution in [0.4, 0.5) is 0 Å². The lowest BCUT2D eigenvalue weighted by atomic mass is 9.95. The average molecular weight is 375 g/mol. The molecule has 4 rings (SSSR count). The Kier molecular flexibility index (Phi) is 4.52. The van der Waals surface area contributed by atoms with Crippen LogP contribution in [-0.4, -0.2) is 60.9 Å². The highest BCUT2D eigenvalue weighted by Crippen LogP contribution is 2.30. The van der Waals surface area contributed by atoms with Crippen molar-refractivity contribution < 1.29 is 13.2 Å². The van der Waals surface area contributed by atoms with E-state index in [9.17, 15) is 13.2 Å². The lowest BCUT2D eigenvalue weighted by Crippen LogP contribution is -2.36. The topological polar surface area (TPSA) is 73.5 Å². The van der Waals surface area contributed by atoms with Gasteiger partial charge in [-0.3, -0.25) is 4.79 Å². The number of carbonyl (C=O) groups is 1. The van der Waals surface area contributed by atoms with Gasteiger partial charge in [0.15, 0.2) is 0 Å². The number of sulfonamides is 1. The molecular formula is C19H25N3O3S. The molecule has 0 unspecified atom stereocenters. The predicted octanol–water partition coefficient (Wildman–Crippen LogP) is 2.15. The Bertz CT molecular complexity index is 948. The van der Waals surface area contributed by atoms with Gasteiger partial charge in [-0.2, -0.15) is 0 Å². The maximum absolute atomic E-state index is 13.0. The molecule has 26 heavy (non-hydrogen) atoms. The first kappa shape index (κ1) is 17.5. The summed E-state index contributed by atoms with van der Waals surface area (Å²) in [5.74, 6) is -0.00647. The van der Waals surface area contributed by atoms with Crippen molar-refractivity contribution in [1.82, 2.24) is 14.2 Å². The van der Waals surface area contributed by atoms with E-state index in [-0.39, 0.29) is 5.91 Å². The van der Waals surface area contributed by atoms with Gasteiger partial charge in [0.1, 0.15) is 0 Å². The molecule has 1 aromatic carbocycles. The fourth-order valence-corrected chi connectivity index (χ4v) is 5.02. The quantitative estimate of drug-likeness (QED) is 0.874. The van der Waals surface area contributed by atoms with Crippen LogP contribution in [0.3, 0.4) is 0 Å². The van der Waals surface area contributed by atoms with Gasteiger partial charge in [0.25, 0.3) is 5.91 Å². The zero-order chi connectivity index (χ0) is 18.3. The van der Waals surface area contributed by atoms with E-state index in [4.69, 9.17) is 0 Å². The largest absolute Gasteiger partial charge is 0.358 e. The van der Waals surface area contributed by atoms with Gasteiger partial charge in [-0.05, 0) is 55.9 Å². The summed E-state index contributed by atoms with van der Waals surface area (Å²) in [6.07, 6.45) is 6.47. The van der Waals surface area contributed by atoms with Crippen molar-refractivity contribution in [2.45, 2.75) is 32.1 Å². The molecule has 1 aliphatic heterocycles. The van der Waals surface area contributed by atoms with Crippen molar-refractivity contribution in [2.24, 2.45) is 0 Å². The van der Waals surface area contributed by atoms with Gasteiger partial charge in [-0.1, -0.05) is 0 Å². The highest BCUT2D eigenvalue weighted by Gasteiger charge is 2.25. The van der Waals surface area contributed by atoms with Crippen LogP contribution < -0.4 is 0 Å². The molecule has 1 fully saturated rings. The molecule has 0 atom stereocenters. The van der Waals surface area contributed by atoms with Gasteiger partial charge in [-0.25, -0.2) is 12.7 Å². The number of H-pyrrole nitrogens is 1. The Labute approximate surface area is 154 Å². The first-order chi connectivity index (χ1) is 12.4. The fraction of sp³-hybridized carbons (Fsp3) is 0.526. The number of aromatic amines is 1. The van der Waals surface area contributed by atoms with Crippen LogP contribution in [0.1, 0.15) is 40.9 Å². The first-order valence-electron chi connectivity index (χ1n) is 9.31. The molecule has 1 N–H and O–H groups in total. The zero-order valence-electron chi connectivity index (χ0n) is 15.1. The Hall–Kier alpha value is -1.86. The van der Waals surface area contributed by atoms with E-state index < -0.39 is 10.0 Å². The Morgan fingerprint density at radius 3 is 2.65 bits per heavy atom. The molecule has 0 bridgehead atoms. The van der Waals surface area contributed by atoms with E-state index in [0.29, 0.717) is 38.2 Å². The normalized spacial score (nSPS) is 19.3. The van der Waals surface area contributed by atoms with Crippen LogP contribution in [-0.2, 0) is 22.9 Å². The summed E-state index contributed by atoms with van der Waals surface area (Å²) in [6.45, 7) is 1.88. The first-order valence-corrected chi connectivity index (χ1v) is 11.2. The van der Waals surface area contributed by atoms with Gasteiger partial charge in [0.05, 0.1) is 6.26 Å².